The van der Waals surface area contributed by atoms with Gasteiger partial charge in [-0.2, -0.15) is 5.26 Å². The van der Waals surface area contributed by atoms with Gasteiger partial charge in [0, 0.05) is 13.1 Å². The zero-order valence-corrected chi connectivity index (χ0v) is 10.9. The van der Waals surface area contributed by atoms with Gasteiger partial charge in [-0.25, -0.2) is 4.39 Å². The summed E-state index contributed by atoms with van der Waals surface area (Å²) in [6, 6.07) is 13.8. The van der Waals surface area contributed by atoms with Gasteiger partial charge in [0.25, 0.3) is 0 Å². The van der Waals surface area contributed by atoms with E-state index in [-0.39, 0.29) is 12.4 Å². The second-order valence-electron chi connectivity index (χ2n) is 4.49. The molecule has 0 atom stereocenters. The standard InChI is InChI=1S/C16H15FN2O/c17-16-6-5-14(8-18)15(7-16)10-19-9-12-1-3-13(11-20)4-2-12/h1-7,19-20H,9-11H2. The summed E-state index contributed by atoms with van der Waals surface area (Å²) in [5.74, 6) is -0.340. The molecule has 0 aliphatic rings. The van der Waals surface area contributed by atoms with E-state index >= 15 is 0 Å². The minimum absolute atomic E-state index is 0.0303. The first kappa shape index (κ1) is 14.2. The van der Waals surface area contributed by atoms with E-state index < -0.39 is 0 Å². The lowest BCUT2D eigenvalue weighted by Gasteiger charge is -2.07. The normalized spacial score (nSPS) is 10.2. The van der Waals surface area contributed by atoms with Crippen molar-refractivity contribution in [2.24, 2.45) is 0 Å². The molecule has 0 radical (unpaired) electrons. The van der Waals surface area contributed by atoms with Crippen molar-refractivity contribution in [1.82, 2.24) is 5.32 Å². The predicted molar refractivity (Wildman–Crippen MR) is 74.0 cm³/mol. The van der Waals surface area contributed by atoms with E-state index in [1.807, 2.05) is 24.3 Å². The van der Waals surface area contributed by atoms with Crippen LogP contribution >= 0.6 is 0 Å². The fraction of sp³-hybridized carbons (Fsp3) is 0.188. The van der Waals surface area contributed by atoms with Crippen LogP contribution < -0.4 is 5.32 Å². The molecule has 0 unspecified atom stereocenters. The predicted octanol–water partition coefficient (Wildman–Crippen LogP) is 2.48. The van der Waals surface area contributed by atoms with Gasteiger partial charge >= 0.3 is 0 Å². The molecule has 2 aromatic rings. The summed E-state index contributed by atoms with van der Waals surface area (Å²) in [7, 11) is 0. The minimum atomic E-state index is -0.340. The zero-order valence-electron chi connectivity index (χ0n) is 10.9. The van der Waals surface area contributed by atoms with E-state index in [0.717, 1.165) is 11.1 Å². The molecule has 2 rings (SSSR count). The van der Waals surface area contributed by atoms with Crippen LogP contribution in [-0.4, -0.2) is 5.11 Å². The number of nitrogens with one attached hydrogen (secondary N) is 1. The number of rotatable bonds is 5. The monoisotopic (exact) mass is 270 g/mol. The first-order valence-electron chi connectivity index (χ1n) is 6.31. The summed E-state index contributed by atoms with van der Waals surface area (Å²) in [5.41, 5.74) is 3.07. The van der Waals surface area contributed by atoms with Gasteiger partial charge in [-0.3, -0.25) is 0 Å². The van der Waals surface area contributed by atoms with E-state index in [2.05, 4.69) is 11.4 Å². The summed E-state index contributed by atoms with van der Waals surface area (Å²) >= 11 is 0. The molecule has 3 nitrogen and oxygen atoms in total. The Kier molecular flexibility index (Phi) is 4.83. The number of hydrogen-bond acceptors (Lipinski definition) is 3. The maximum Gasteiger partial charge on any atom is 0.123 e. The van der Waals surface area contributed by atoms with Crippen LogP contribution in [0.25, 0.3) is 0 Å². The molecular formula is C16H15FN2O. The van der Waals surface area contributed by atoms with Gasteiger partial charge in [0.05, 0.1) is 18.2 Å². The third-order valence-corrected chi connectivity index (χ3v) is 3.04. The van der Waals surface area contributed by atoms with E-state index in [1.54, 1.807) is 0 Å². The van der Waals surface area contributed by atoms with Crippen LogP contribution in [0, 0.1) is 17.1 Å². The van der Waals surface area contributed by atoms with Crippen LogP contribution in [0.5, 0.6) is 0 Å². The number of benzene rings is 2. The third-order valence-electron chi connectivity index (χ3n) is 3.04. The van der Waals surface area contributed by atoms with Crippen LogP contribution in [0.3, 0.4) is 0 Å². The Hall–Kier alpha value is -2.22. The van der Waals surface area contributed by atoms with Gasteiger partial charge in [0.15, 0.2) is 0 Å². The zero-order chi connectivity index (χ0) is 14.4. The van der Waals surface area contributed by atoms with E-state index in [4.69, 9.17) is 10.4 Å². The molecular weight excluding hydrogens is 255 g/mol. The molecule has 20 heavy (non-hydrogen) atoms. The van der Waals surface area contributed by atoms with Crippen molar-refractivity contribution in [1.29, 1.82) is 5.26 Å². The molecule has 2 aromatic carbocycles. The molecule has 4 heteroatoms. The largest absolute Gasteiger partial charge is 0.392 e. The van der Waals surface area contributed by atoms with Gasteiger partial charge < -0.3 is 10.4 Å². The van der Waals surface area contributed by atoms with Crippen molar-refractivity contribution in [3.05, 3.63) is 70.5 Å². The van der Waals surface area contributed by atoms with Crippen LogP contribution in [0.15, 0.2) is 42.5 Å². The first-order chi connectivity index (χ1) is 9.72. The van der Waals surface area contributed by atoms with Crippen LogP contribution in [0.2, 0.25) is 0 Å². The average molecular weight is 270 g/mol. The second-order valence-corrected chi connectivity index (χ2v) is 4.49. The fourth-order valence-electron chi connectivity index (χ4n) is 1.92. The number of hydrogen-bond donors (Lipinski definition) is 2. The molecule has 0 amide bonds. The van der Waals surface area contributed by atoms with Crippen LogP contribution in [0.1, 0.15) is 22.3 Å². The van der Waals surface area contributed by atoms with Gasteiger partial charge in [0.2, 0.25) is 0 Å². The minimum Gasteiger partial charge on any atom is -0.392 e. The topological polar surface area (TPSA) is 56.0 Å². The van der Waals surface area contributed by atoms with Gasteiger partial charge in [-0.05, 0) is 34.9 Å². The number of nitrogens with zero attached hydrogens (tertiary/aromatic N) is 1. The summed E-state index contributed by atoms with van der Waals surface area (Å²) in [5, 5.41) is 21.1. The Morgan fingerprint density at radius 3 is 2.40 bits per heavy atom. The van der Waals surface area contributed by atoms with Crippen molar-refractivity contribution in [3.8, 4) is 6.07 Å². The van der Waals surface area contributed by atoms with E-state index in [0.29, 0.717) is 24.2 Å². The van der Waals surface area contributed by atoms with E-state index in [9.17, 15) is 4.39 Å². The molecule has 0 bridgehead atoms. The van der Waals surface area contributed by atoms with Crippen molar-refractivity contribution < 1.29 is 9.50 Å². The summed E-state index contributed by atoms with van der Waals surface area (Å²) in [6.07, 6.45) is 0. The highest BCUT2D eigenvalue weighted by molar-refractivity contribution is 5.37. The fourth-order valence-corrected chi connectivity index (χ4v) is 1.92. The summed E-state index contributed by atoms with van der Waals surface area (Å²) in [4.78, 5) is 0. The number of aliphatic hydroxyl groups is 1. The van der Waals surface area contributed by atoms with Crippen molar-refractivity contribution in [3.63, 3.8) is 0 Å². The van der Waals surface area contributed by atoms with Crippen molar-refractivity contribution in [2.75, 3.05) is 0 Å². The Balaban J connectivity index is 1.95. The van der Waals surface area contributed by atoms with Crippen LogP contribution in [-0.2, 0) is 19.7 Å². The highest BCUT2D eigenvalue weighted by Crippen LogP contribution is 2.11. The average Bonchev–Trinajstić information content (AvgIpc) is 2.48. The first-order valence-corrected chi connectivity index (χ1v) is 6.31. The molecule has 0 saturated heterocycles. The summed E-state index contributed by atoms with van der Waals surface area (Å²) < 4.78 is 13.2. The molecule has 0 spiro atoms. The maximum absolute atomic E-state index is 13.2. The molecule has 0 aromatic heterocycles. The lowest BCUT2D eigenvalue weighted by molar-refractivity contribution is 0.282. The SMILES string of the molecule is N#Cc1ccc(F)cc1CNCc1ccc(CO)cc1. The molecule has 0 aliphatic heterocycles. The molecule has 0 heterocycles. The molecule has 0 fully saturated rings. The number of halogens is 1. The van der Waals surface area contributed by atoms with Crippen LogP contribution in [0.4, 0.5) is 4.39 Å². The maximum atomic E-state index is 13.2. The van der Waals surface area contributed by atoms with Gasteiger partial charge in [-0.15, -0.1) is 0 Å². The Labute approximate surface area is 117 Å². The Morgan fingerprint density at radius 1 is 1.05 bits per heavy atom. The third kappa shape index (κ3) is 3.64. The summed E-state index contributed by atoms with van der Waals surface area (Å²) in [6.45, 7) is 1.08. The number of aliphatic hydroxyl groups excluding tert-OH is 1. The number of nitriles is 1. The quantitative estimate of drug-likeness (QED) is 0.877. The van der Waals surface area contributed by atoms with Crippen molar-refractivity contribution >= 4 is 0 Å². The second kappa shape index (κ2) is 6.80. The highest BCUT2D eigenvalue weighted by atomic mass is 19.1. The van der Waals surface area contributed by atoms with E-state index in [1.165, 1.54) is 18.2 Å². The molecule has 0 saturated carbocycles. The highest BCUT2D eigenvalue weighted by Gasteiger charge is 2.03. The lowest BCUT2D eigenvalue weighted by atomic mass is 10.1. The molecule has 0 aliphatic carbocycles. The molecule has 102 valence electrons. The smallest absolute Gasteiger partial charge is 0.123 e. The lowest BCUT2D eigenvalue weighted by Crippen LogP contribution is -2.13. The Morgan fingerprint density at radius 2 is 1.75 bits per heavy atom. The van der Waals surface area contributed by atoms with Gasteiger partial charge in [-0.1, -0.05) is 24.3 Å². The Bertz CT molecular complexity index is 617. The van der Waals surface area contributed by atoms with Crippen molar-refractivity contribution in [2.45, 2.75) is 19.7 Å². The molecule has 2 N–H and O–H groups in total. The van der Waals surface area contributed by atoms with Gasteiger partial charge in [0.1, 0.15) is 5.82 Å².